The average molecular weight is 457 g/mol. The highest BCUT2D eigenvalue weighted by molar-refractivity contribution is 6.02. The molecule has 2 fully saturated rings. The number of benzene rings is 2. The van der Waals surface area contributed by atoms with Crippen LogP contribution >= 0.6 is 0 Å². The summed E-state index contributed by atoms with van der Waals surface area (Å²) in [4.78, 5) is 34.0. The minimum absolute atomic E-state index is 0.0117. The molecule has 3 heterocycles. The van der Waals surface area contributed by atoms with Crippen LogP contribution in [0, 0.1) is 11.3 Å². The zero-order valence-electron chi connectivity index (χ0n) is 20.0. The van der Waals surface area contributed by atoms with Crippen molar-refractivity contribution in [2.24, 2.45) is 0 Å². The molecular formula is C28H32N4O2. The van der Waals surface area contributed by atoms with Gasteiger partial charge in [-0.25, -0.2) is 0 Å². The van der Waals surface area contributed by atoms with Gasteiger partial charge in [0.05, 0.1) is 23.1 Å². The lowest BCUT2D eigenvalue weighted by Gasteiger charge is -2.57. The number of fused-ring (bicyclic) bond motifs is 1. The Morgan fingerprint density at radius 3 is 2.32 bits per heavy atom. The summed E-state index contributed by atoms with van der Waals surface area (Å²) < 4.78 is 0. The molecule has 176 valence electrons. The molecule has 6 nitrogen and oxygen atoms in total. The van der Waals surface area contributed by atoms with Crippen LogP contribution in [0.2, 0.25) is 0 Å². The topological polar surface area (TPSA) is 67.7 Å². The molecule has 1 unspecified atom stereocenters. The molecule has 0 aromatic heterocycles. The molecule has 1 atom stereocenters. The van der Waals surface area contributed by atoms with Crippen molar-refractivity contribution >= 4 is 11.8 Å². The maximum Gasteiger partial charge on any atom is 0.254 e. The lowest BCUT2D eigenvalue weighted by atomic mass is 9.66. The van der Waals surface area contributed by atoms with Gasteiger partial charge in [0.1, 0.15) is 0 Å². The van der Waals surface area contributed by atoms with Gasteiger partial charge in [-0.05, 0) is 62.4 Å². The molecule has 6 heteroatoms. The molecule has 5 rings (SSSR count). The van der Waals surface area contributed by atoms with Gasteiger partial charge in [0.2, 0.25) is 5.91 Å². The molecule has 0 saturated carbocycles. The molecule has 2 aromatic carbocycles. The minimum Gasteiger partial charge on any atom is -0.342 e. The van der Waals surface area contributed by atoms with E-state index in [1.807, 2.05) is 58.3 Å². The van der Waals surface area contributed by atoms with Crippen molar-refractivity contribution in [3.8, 4) is 6.07 Å². The number of rotatable bonds is 4. The number of hydrogen-bond acceptors (Lipinski definition) is 4. The fraction of sp³-hybridized carbons (Fsp3) is 0.464. The van der Waals surface area contributed by atoms with Crippen LogP contribution in [0.4, 0.5) is 0 Å². The predicted molar refractivity (Wildman–Crippen MR) is 130 cm³/mol. The van der Waals surface area contributed by atoms with Crippen LogP contribution in [0.5, 0.6) is 0 Å². The van der Waals surface area contributed by atoms with Crippen LogP contribution in [-0.2, 0) is 11.3 Å². The van der Waals surface area contributed by atoms with Crippen LogP contribution in [0.25, 0.3) is 0 Å². The molecule has 0 radical (unpaired) electrons. The third-order valence-electron chi connectivity index (χ3n) is 7.88. The SMILES string of the molecule is CC(C)N1C(=O)c2ccccc2C(C(=O)N2CCC2)C12CCN(Cc1ccc(C#N)cc1)CC2. The number of nitriles is 1. The zero-order valence-corrected chi connectivity index (χ0v) is 20.0. The van der Waals surface area contributed by atoms with Crippen molar-refractivity contribution in [1.82, 2.24) is 14.7 Å². The van der Waals surface area contributed by atoms with Crippen LogP contribution in [0.15, 0.2) is 48.5 Å². The van der Waals surface area contributed by atoms with Gasteiger partial charge >= 0.3 is 0 Å². The normalized spacial score (nSPS) is 21.8. The second-order valence-corrected chi connectivity index (χ2v) is 10.2. The molecule has 2 saturated heterocycles. The molecule has 1 spiro atoms. The van der Waals surface area contributed by atoms with E-state index in [1.165, 1.54) is 5.56 Å². The summed E-state index contributed by atoms with van der Waals surface area (Å²) in [6, 6.07) is 17.7. The summed E-state index contributed by atoms with van der Waals surface area (Å²) in [6.45, 7) is 8.22. The van der Waals surface area contributed by atoms with Crippen LogP contribution in [0.1, 0.15) is 66.1 Å². The number of piperidine rings is 1. The van der Waals surface area contributed by atoms with E-state index in [0.29, 0.717) is 11.1 Å². The molecule has 2 aromatic rings. The van der Waals surface area contributed by atoms with Gasteiger partial charge in [0.25, 0.3) is 5.91 Å². The Kier molecular flexibility index (Phi) is 5.91. The first-order chi connectivity index (χ1) is 16.4. The number of carbonyl (C=O) groups is 2. The third-order valence-corrected chi connectivity index (χ3v) is 7.88. The Hall–Kier alpha value is -3.17. The molecule has 3 aliphatic rings. The van der Waals surface area contributed by atoms with Crippen molar-refractivity contribution in [3.05, 3.63) is 70.8 Å². The summed E-state index contributed by atoms with van der Waals surface area (Å²) in [6.07, 6.45) is 2.59. The maximum atomic E-state index is 13.9. The van der Waals surface area contributed by atoms with E-state index in [2.05, 4.69) is 24.8 Å². The van der Waals surface area contributed by atoms with E-state index in [9.17, 15) is 9.59 Å². The molecule has 0 bridgehead atoms. The van der Waals surface area contributed by atoms with Crippen LogP contribution in [-0.4, -0.2) is 64.3 Å². The smallest absolute Gasteiger partial charge is 0.254 e. The highest BCUT2D eigenvalue weighted by Gasteiger charge is 2.57. The van der Waals surface area contributed by atoms with Crippen LogP contribution in [0.3, 0.4) is 0 Å². The predicted octanol–water partition coefficient (Wildman–Crippen LogP) is 3.77. The Balaban J connectivity index is 1.47. The van der Waals surface area contributed by atoms with Crippen molar-refractivity contribution < 1.29 is 9.59 Å². The number of likely N-dealkylation sites (tertiary alicyclic amines) is 2. The summed E-state index contributed by atoms with van der Waals surface area (Å²) in [5.41, 5.74) is 2.92. The summed E-state index contributed by atoms with van der Waals surface area (Å²) in [7, 11) is 0. The molecule has 0 N–H and O–H groups in total. The van der Waals surface area contributed by atoms with Gasteiger partial charge < -0.3 is 9.80 Å². The minimum atomic E-state index is -0.507. The Bertz CT molecular complexity index is 1120. The summed E-state index contributed by atoms with van der Waals surface area (Å²) in [5.74, 6) is -0.0858. The molecule has 3 aliphatic heterocycles. The fourth-order valence-corrected chi connectivity index (χ4v) is 6.11. The first kappa shape index (κ1) is 22.6. The zero-order chi connectivity index (χ0) is 23.9. The van der Waals surface area contributed by atoms with Gasteiger partial charge in [-0.3, -0.25) is 14.5 Å². The lowest BCUT2D eigenvalue weighted by Crippen LogP contribution is -2.67. The first-order valence-electron chi connectivity index (χ1n) is 12.4. The largest absolute Gasteiger partial charge is 0.342 e. The van der Waals surface area contributed by atoms with Gasteiger partial charge in [0, 0.05) is 44.3 Å². The summed E-state index contributed by atoms with van der Waals surface area (Å²) >= 11 is 0. The van der Waals surface area contributed by atoms with E-state index in [-0.39, 0.29) is 23.8 Å². The van der Waals surface area contributed by atoms with Crippen molar-refractivity contribution in [1.29, 1.82) is 5.26 Å². The first-order valence-corrected chi connectivity index (χ1v) is 12.4. The monoisotopic (exact) mass is 456 g/mol. The molecule has 0 aliphatic carbocycles. The maximum absolute atomic E-state index is 13.9. The highest BCUT2D eigenvalue weighted by atomic mass is 16.2. The molecule has 34 heavy (non-hydrogen) atoms. The van der Waals surface area contributed by atoms with E-state index in [1.54, 1.807) is 0 Å². The van der Waals surface area contributed by atoms with E-state index < -0.39 is 5.54 Å². The summed E-state index contributed by atoms with van der Waals surface area (Å²) in [5, 5.41) is 9.06. The van der Waals surface area contributed by atoms with E-state index in [0.717, 1.165) is 57.5 Å². The fourth-order valence-electron chi connectivity index (χ4n) is 6.11. The molecule has 2 amide bonds. The average Bonchev–Trinajstić information content (AvgIpc) is 2.80. The van der Waals surface area contributed by atoms with Gasteiger partial charge in [0.15, 0.2) is 0 Å². The van der Waals surface area contributed by atoms with Gasteiger partial charge in [-0.1, -0.05) is 30.3 Å². The number of hydrogen-bond donors (Lipinski definition) is 0. The highest BCUT2D eigenvalue weighted by Crippen LogP contribution is 2.49. The van der Waals surface area contributed by atoms with E-state index >= 15 is 0 Å². The van der Waals surface area contributed by atoms with Crippen molar-refractivity contribution in [2.75, 3.05) is 26.2 Å². The lowest BCUT2D eigenvalue weighted by molar-refractivity contribution is -0.142. The Morgan fingerprint density at radius 2 is 1.74 bits per heavy atom. The van der Waals surface area contributed by atoms with Crippen molar-refractivity contribution in [2.45, 2.75) is 57.2 Å². The standard InChI is InChI=1S/C28H32N4O2/c1-20(2)32-26(33)24-7-4-3-6-23(24)25(27(34)31-14-5-15-31)28(32)12-16-30(17-13-28)19-22-10-8-21(18-29)9-11-22/h3-4,6-11,20,25H,5,12-17,19H2,1-2H3. The number of nitrogens with zero attached hydrogens (tertiary/aromatic N) is 4. The number of carbonyl (C=O) groups excluding carboxylic acids is 2. The Labute approximate surface area is 201 Å². The van der Waals surface area contributed by atoms with Gasteiger partial charge in [-0.15, -0.1) is 0 Å². The second kappa shape index (κ2) is 8.88. The van der Waals surface area contributed by atoms with E-state index in [4.69, 9.17) is 5.26 Å². The molecular weight excluding hydrogens is 424 g/mol. The van der Waals surface area contributed by atoms with Gasteiger partial charge in [-0.2, -0.15) is 5.26 Å². The van der Waals surface area contributed by atoms with Crippen molar-refractivity contribution in [3.63, 3.8) is 0 Å². The Morgan fingerprint density at radius 1 is 1.06 bits per heavy atom. The second-order valence-electron chi connectivity index (χ2n) is 10.2. The third kappa shape index (κ3) is 3.69. The van der Waals surface area contributed by atoms with Crippen LogP contribution < -0.4 is 0 Å². The number of amides is 2. The quantitative estimate of drug-likeness (QED) is 0.702.